The number of H-pyrrole nitrogens is 1. The van der Waals surface area contributed by atoms with Crippen molar-refractivity contribution in [1.82, 2.24) is 15.0 Å². The van der Waals surface area contributed by atoms with Gasteiger partial charge in [-0.3, -0.25) is 0 Å². The molecule has 0 unspecified atom stereocenters. The van der Waals surface area contributed by atoms with Gasteiger partial charge in [0, 0.05) is 28.2 Å². The van der Waals surface area contributed by atoms with Gasteiger partial charge in [-0.05, 0) is 86.0 Å². The van der Waals surface area contributed by atoms with Crippen molar-refractivity contribution in [3.05, 3.63) is 143 Å². The Labute approximate surface area is 262 Å². The van der Waals surface area contributed by atoms with Crippen LogP contribution in [0, 0.1) is 20.8 Å². The van der Waals surface area contributed by atoms with Crippen molar-refractivity contribution in [3.63, 3.8) is 0 Å². The van der Waals surface area contributed by atoms with Gasteiger partial charge in [-0.1, -0.05) is 89.5 Å². The molecular formula is C41H31N3O. The molecule has 216 valence electrons. The quantitative estimate of drug-likeness (QED) is 0.226. The minimum absolute atomic E-state index is 0.740. The number of aromatic amines is 1. The van der Waals surface area contributed by atoms with Crippen LogP contribution in [0.5, 0.6) is 0 Å². The molecule has 0 fully saturated rings. The van der Waals surface area contributed by atoms with E-state index in [-0.39, 0.29) is 0 Å². The van der Waals surface area contributed by atoms with Crippen LogP contribution in [0.25, 0.3) is 79.9 Å². The lowest BCUT2D eigenvalue weighted by atomic mass is 10.0. The summed E-state index contributed by atoms with van der Waals surface area (Å²) in [5, 5.41) is 0. The lowest BCUT2D eigenvalue weighted by molar-refractivity contribution is 0.666. The fraction of sp³-hybridized carbons (Fsp3) is 0.0732. The smallest absolute Gasteiger partial charge is 0.137 e. The minimum atomic E-state index is 0.740. The molecule has 1 N–H and O–H groups in total. The number of nitrogens with zero attached hydrogens (tertiary/aromatic N) is 2. The average molecular weight is 582 g/mol. The molecule has 2 aliphatic heterocycles. The summed E-state index contributed by atoms with van der Waals surface area (Å²) >= 11 is 0. The molecule has 3 aromatic heterocycles. The van der Waals surface area contributed by atoms with Crippen LogP contribution in [0.1, 0.15) is 39.5 Å². The molecule has 4 nitrogen and oxygen atoms in total. The highest BCUT2D eigenvalue weighted by atomic mass is 16.3. The monoisotopic (exact) mass is 581 g/mol. The lowest BCUT2D eigenvalue weighted by Gasteiger charge is -2.06. The number of nitrogens with one attached hydrogen (secondary N) is 1. The predicted molar refractivity (Wildman–Crippen MR) is 187 cm³/mol. The second-order valence-electron chi connectivity index (χ2n) is 11.8. The highest BCUT2D eigenvalue weighted by Gasteiger charge is 2.17. The summed E-state index contributed by atoms with van der Waals surface area (Å²) in [7, 11) is 0. The molecule has 3 aromatic carbocycles. The third-order valence-electron chi connectivity index (χ3n) is 8.48. The van der Waals surface area contributed by atoms with E-state index < -0.39 is 0 Å². The van der Waals surface area contributed by atoms with Gasteiger partial charge in [0.05, 0.1) is 28.3 Å². The van der Waals surface area contributed by atoms with E-state index in [1.807, 2.05) is 24.3 Å². The van der Waals surface area contributed by atoms with Crippen molar-refractivity contribution in [2.45, 2.75) is 20.8 Å². The third kappa shape index (κ3) is 5.00. The second-order valence-corrected chi connectivity index (χ2v) is 11.8. The Hall–Kier alpha value is -5.74. The van der Waals surface area contributed by atoms with Crippen molar-refractivity contribution >= 4 is 46.5 Å². The first-order chi connectivity index (χ1) is 22.0. The molecule has 5 heterocycles. The number of furan rings is 1. The number of hydrogen-bond donors (Lipinski definition) is 1. The molecule has 0 saturated heterocycles. The predicted octanol–water partition coefficient (Wildman–Crippen LogP) is 10.8. The van der Waals surface area contributed by atoms with E-state index in [2.05, 4.69) is 129 Å². The summed E-state index contributed by atoms with van der Waals surface area (Å²) in [4.78, 5) is 14.1. The Morgan fingerprint density at radius 2 is 0.933 bits per heavy atom. The first-order valence-corrected chi connectivity index (χ1v) is 15.2. The topological polar surface area (TPSA) is 54.7 Å². The maximum atomic E-state index is 6.50. The molecule has 0 saturated carbocycles. The molecule has 0 radical (unpaired) electrons. The highest BCUT2D eigenvalue weighted by Crippen LogP contribution is 2.37. The maximum absolute atomic E-state index is 6.50. The SMILES string of the molecule is Cc1ccc(-c2c3nc(cc4ccc(o4)c(-c4ccc(C)cc4)c4nc(c(-c5ccc(C)cc5)c5ccc2[nH]5)C=C4)C=C3)cc1. The Morgan fingerprint density at radius 3 is 1.49 bits per heavy atom. The van der Waals surface area contributed by atoms with Crippen LogP contribution in [0.3, 0.4) is 0 Å². The number of rotatable bonds is 3. The van der Waals surface area contributed by atoms with Crippen molar-refractivity contribution in [1.29, 1.82) is 0 Å². The number of benzene rings is 3. The van der Waals surface area contributed by atoms with Crippen molar-refractivity contribution in [2.75, 3.05) is 0 Å². The Kier molecular flexibility index (Phi) is 6.42. The Morgan fingerprint density at radius 1 is 0.467 bits per heavy atom. The maximum Gasteiger partial charge on any atom is 0.137 e. The van der Waals surface area contributed by atoms with Crippen LogP contribution >= 0.6 is 0 Å². The van der Waals surface area contributed by atoms with Gasteiger partial charge < -0.3 is 9.40 Å². The van der Waals surface area contributed by atoms with Crippen molar-refractivity contribution in [3.8, 4) is 33.4 Å². The number of fused-ring (bicyclic) bond motifs is 8. The zero-order valence-corrected chi connectivity index (χ0v) is 25.4. The Bertz CT molecular complexity index is 2270. The van der Waals surface area contributed by atoms with Gasteiger partial charge in [-0.2, -0.15) is 0 Å². The molecule has 2 aliphatic rings. The molecule has 0 amide bonds. The first-order valence-electron chi connectivity index (χ1n) is 15.2. The fourth-order valence-corrected chi connectivity index (χ4v) is 6.10. The lowest BCUT2D eigenvalue weighted by Crippen LogP contribution is -1.88. The van der Waals surface area contributed by atoms with Crippen LogP contribution < -0.4 is 0 Å². The Balaban J connectivity index is 1.52. The summed E-state index contributed by atoms with van der Waals surface area (Å²) < 4.78 is 6.50. The molecule has 0 atom stereocenters. The van der Waals surface area contributed by atoms with Gasteiger partial charge in [0.25, 0.3) is 0 Å². The second kappa shape index (κ2) is 10.8. The normalized spacial score (nSPS) is 12.2. The molecule has 8 rings (SSSR count). The average Bonchev–Trinajstić information content (AvgIpc) is 3.87. The number of hydrogen-bond acceptors (Lipinski definition) is 3. The van der Waals surface area contributed by atoms with E-state index in [4.69, 9.17) is 14.4 Å². The van der Waals surface area contributed by atoms with E-state index in [0.29, 0.717) is 0 Å². The fourth-order valence-electron chi connectivity index (χ4n) is 6.10. The standard InChI is InChI=1S/C41H31N3O/c1-25-4-10-28(11-5-25)39-33-18-16-31(42-33)24-32-17-23-38(45-32)41(30-14-8-27(3)9-15-30)37-22-21-36(44-37)40(35-20-19-34(39)43-35)29-12-6-26(2)7-13-29/h4-24,43H,1-3H3. The molecule has 45 heavy (non-hydrogen) atoms. The van der Waals surface area contributed by atoms with Crippen LogP contribution in [-0.2, 0) is 0 Å². The zero-order chi connectivity index (χ0) is 30.5. The van der Waals surface area contributed by atoms with Crippen LogP contribution in [0.4, 0.5) is 0 Å². The van der Waals surface area contributed by atoms with Gasteiger partial charge >= 0.3 is 0 Å². The van der Waals surface area contributed by atoms with Crippen molar-refractivity contribution < 1.29 is 4.42 Å². The van der Waals surface area contributed by atoms with E-state index in [9.17, 15) is 0 Å². The summed E-state index contributed by atoms with van der Waals surface area (Å²) in [6.45, 7) is 6.32. The molecular weight excluding hydrogens is 550 g/mol. The summed E-state index contributed by atoms with van der Waals surface area (Å²) in [6.07, 6.45) is 8.35. The third-order valence-corrected chi connectivity index (χ3v) is 8.48. The van der Waals surface area contributed by atoms with Crippen LogP contribution in [0.15, 0.2) is 108 Å². The van der Waals surface area contributed by atoms with Crippen molar-refractivity contribution in [2.24, 2.45) is 0 Å². The summed E-state index contributed by atoms with van der Waals surface area (Å²) in [6, 6.07) is 36.1. The largest absolute Gasteiger partial charge is 0.457 e. The zero-order valence-electron chi connectivity index (χ0n) is 25.4. The first kappa shape index (κ1) is 26.9. The van der Waals surface area contributed by atoms with Gasteiger partial charge in [0.15, 0.2) is 0 Å². The van der Waals surface area contributed by atoms with Gasteiger partial charge in [0.2, 0.25) is 0 Å². The minimum Gasteiger partial charge on any atom is -0.457 e. The van der Waals surface area contributed by atoms with Gasteiger partial charge in [-0.25, -0.2) is 9.97 Å². The summed E-state index contributed by atoms with van der Waals surface area (Å²) in [5.41, 5.74) is 16.9. The van der Waals surface area contributed by atoms with E-state index >= 15 is 0 Å². The van der Waals surface area contributed by atoms with E-state index in [1.165, 1.54) is 16.7 Å². The van der Waals surface area contributed by atoms with Gasteiger partial charge in [0.1, 0.15) is 11.2 Å². The molecule has 6 aromatic rings. The van der Waals surface area contributed by atoms with E-state index in [0.717, 1.165) is 78.4 Å². The number of aryl methyl sites for hydroxylation is 3. The van der Waals surface area contributed by atoms with Gasteiger partial charge in [-0.15, -0.1) is 0 Å². The van der Waals surface area contributed by atoms with Crippen LogP contribution in [-0.4, -0.2) is 15.0 Å². The van der Waals surface area contributed by atoms with E-state index in [1.54, 1.807) is 0 Å². The summed E-state index contributed by atoms with van der Waals surface area (Å²) in [5.74, 6) is 0. The molecule has 0 spiro atoms. The highest BCUT2D eigenvalue weighted by molar-refractivity contribution is 5.97. The van der Waals surface area contributed by atoms with Crippen LogP contribution in [0.2, 0.25) is 0 Å². The number of aromatic nitrogens is 3. The molecule has 0 aliphatic carbocycles. The molecule has 4 heteroatoms. The molecule has 8 bridgehead atoms.